The number of phosphoric ester groups is 1. The SMILES string of the molecule is CCCCCC(C(=O)NCNC(=O)c1ccc(-c2ccc(C(=O)NC(CC(=O)O)C(=O)O)c(OCC(=O)O)c2)o1)C(CC)N(C=O)OCOP(=O)(O)O. The first-order chi connectivity index (χ1) is 25.0. The average Bonchev–Trinajstić information content (AvgIpc) is 3.59. The lowest BCUT2D eigenvalue weighted by Gasteiger charge is -2.32. The number of carboxylic acid groups (broad SMARTS) is 3. The van der Waals surface area contributed by atoms with Crippen molar-refractivity contribution < 1.29 is 81.7 Å². The molecular weight excluding hydrogens is 731 g/mol. The Balaban J connectivity index is 2.18. The first-order valence-electron chi connectivity index (χ1n) is 16.0. The lowest BCUT2D eigenvalue weighted by Crippen LogP contribution is -2.48. The molecule has 21 nitrogen and oxygen atoms in total. The number of carbonyl (C=O) groups is 7. The quantitative estimate of drug-likeness (QED) is 0.0232. The minimum Gasteiger partial charge on any atom is -0.481 e. The van der Waals surface area contributed by atoms with Gasteiger partial charge in [-0.05, 0) is 37.1 Å². The standard InChI is InChI=1S/C31H41N4O17P/c1-3-5-6-7-19(22(4-2)35(16-36)50-17-51-53(46,47)48)28(41)32-15-33-30(43)24-11-10-23(52-24)18-8-9-20(25(12-18)49-14-27(39)40)29(42)34-21(31(44)45)13-26(37)38/h8-12,16,19,21-22H,3-7,13-15,17H2,1-2H3,(H,32,41)(H,33,43)(H,34,42)(H,37,38)(H,39,40)(H,44,45)(H2,46,47,48). The molecule has 0 bridgehead atoms. The van der Waals surface area contributed by atoms with Crippen LogP contribution in [0, 0.1) is 5.92 Å². The highest BCUT2D eigenvalue weighted by Crippen LogP contribution is 2.35. The van der Waals surface area contributed by atoms with Gasteiger partial charge in [0, 0.05) is 5.56 Å². The van der Waals surface area contributed by atoms with Crippen molar-refractivity contribution in [2.24, 2.45) is 5.92 Å². The molecule has 1 aromatic carbocycles. The van der Waals surface area contributed by atoms with E-state index in [4.69, 9.17) is 34.0 Å². The van der Waals surface area contributed by atoms with Gasteiger partial charge in [0.2, 0.25) is 12.3 Å². The Hall–Kier alpha value is -5.34. The van der Waals surface area contributed by atoms with Crippen LogP contribution in [0.3, 0.4) is 0 Å². The smallest absolute Gasteiger partial charge is 0.471 e. The van der Waals surface area contributed by atoms with Gasteiger partial charge in [0.05, 0.1) is 30.6 Å². The van der Waals surface area contributed by atoms with Crippen LogP contribution in [0.4, 0.5) is 0 Å². The molecule has 0 spiro atoms. The molecule has 2 aromatic rings. The summed E-state index contributed by atoms with van der Waals surface area (Å²) >= 11 is 0. The zero-order valence-electron chi connectivity index (χ0n) is 28.6. The van der Waals surface area contributed by atoms with Crippen molar-refractivity contribution in [3.8, 4) is 17.1 Å². The number of hydroxylamine groups is 2. The van der Waals surface area contributed by atoms with Crippen LogP contribution >= 0.6 is 7.82 Å². The molecule has 0 radical (unpaired) electrons. The van der Waals surface area contributed by atoms with E-state index in [1.54, 1.807) is 6.92 Å². The summed E-state index contributed by atoms with van der Waals surface area (Å²) in [6, 6.07) is 3.67. The van der Waals surface area contributed by atoms with Crippen LogP contribution in [0.5, 0.6) is 5.75 Å². The lowest BCUT2D eigenvalue weighted by molar-refractivity contribution is -0.221. The van der Waals surface area contributed by atoms with E-state index in [0.717, 1.165) is 24.0 Å². The molecule has 53 heavy (non-hydrogen) atoms. The Morgan fingerprint density at radius 3 is 2.26 bits per heavy atom. The molecule has 22 heteroatoms. The second-order valence-electron chi connectivity index (χ2n) is 11.2. The summed E-state index contributed by atoms with van der Waals surface area (Å²) in [5.41, 5.74) is -0.120. The summed E-state index contributed by atoms with van der Waals surface area (Å²) in [7, 11) is -4.89. The van der Waals surface area contributed by atoms with E-state index in [1.807, 2.05) is 12.2 Å². The first-order valence-corrected chi connectivity index (χ1v) is 17.5. The zero-order chi connectivity index (χ0) is 39.7. The van der Waals surface area contributed by atoms with Gasteiger partial charge in [-0.15, -0.1) is 0 Å². The molecule has 1 heterocycles. The largest absolute Gasteiger partial charge is 0.481 e. The Labute approximate surface area is 301 Å². The number of amides is 4. The number of rotatable bonds is 25. The number of unbranched alkanes of at least 4 members (excludes halogenated alkanes) is 2. The molecule has 1 aromatic heterocycles. The minimum atomic E-state index is -4.89. The Morgan fingerprint density at radius 2 is 1.68 bits per heavy atom. The van der Waals surface area contributed by atoms with Crippen molar-refractivity contribution in [1.82, 2.24) is 21.0 Å². The number of hydrogen-bond donors (Lipinski definition) is 8. The fourth-order valence-corrected chi connectivity index (χ4v) is 5.07. The maximum absolute atomic E-state index is 13.3. The first kappa shape index (κ1) is 43.8. The molecule has 2 rings (SSSR count). The van der Waals surface area contributed by atoms with Crippen molar-refractivity contribution in [3.05, 3.63) is 41.7 Å². The second-order valence-corrected chi connectivity index (χ2v) is 12.4. The Kier molecular flexibility index (Phi) is 17.6. The maximum Gasteiger partial charge on any atom is 0.471 e. The van der Waals surface area contributed by atoms with Crippen molar-refractivity contribution in [2.75, 3.05) is 20.1 Å². The van der Waals surface area contributed by atoms with Gasteiger partial charge < -0.3 is 50.2 Å². The number of hydrogen-bond acceptors (Lipinski definition) is 12. The number of nitrogens with zero attached hydrogens (tertiary/aromatic N) is 1. The number of furan rings is 1. The fourth-order valence-electron chi connectivity index (χ4n) is 4.89. The molecule has 0 aliphatic heterocycles. The third-order valence-corrected chi connectivity index (χ3v) is 7.82. The summed E-state index contributed by atoms with van der Waals surface area (Å²) in [6.07, 6.45) is 2.04. The topological polar surface area (TPSA) is 318 Å². The third kappa shape index (κ3) is 14.7. The van der Waals surface area contributed by atoms with Gasteiger partial charge in [0.15, 0.2) is 19.2 Å². The van der Waals surface area contributed by atoms with Gasteiger partial charge in [-0.1, -0.05) is 39.2 Å². The van der Waals surface area contributed by atoms with Gasteiger partial charge in [-0.3, -0.25) is 28.5 Å². The van der Waals surface area contributed by atoms with E-state index in [1.165, 1.54) is 24.3 Å². The van der Waals surface area contributed by atoms with Crippen LogP contribution in [-0.4, -0.2) is 104 Å². The van der Waals surface area contributed by atoms with E-state index in [0.29, 0.717) is 12.8 Å². The van der Waals surface area contributed by atoms with Crippen molar-refractivity contribution >= 4 is 49.9 Å². The second kappa shape index (κ2) is 21.2. The Morgan fingerprint density at radius 1 is 0.962 bits per heavy atom. The molecular formula is C31H41N4O17P. The highest BCUT2D eigenvalue weighted by molar-refractivity contribution is 7.46. The number of benzene rings is 1. The number of aliphatic carboxylic acids is 3. The van der Waals surface area contributed by atoms with Crippen molar-refractivity contribution in [1.29, 1.82) is 0 Å². The molecule has 0 saturated carbocycles. The van der Waals surface area contributed by atoms with E-state index < -0.39 is 81.3 Å². The molecule has 0 aliphatic rings. The number of phosphoric acid groups is 1. The van der Waals surface area contributed by atoms with Crippen LogP contribution in [0.15, 0.2) is 34.7 Å². The molecule has 3 atom stereocenters. The summed E-state index contributed by atoms with van der Waals surface area (Å²) in [5.74, 6) is -8.25. The molecule has 8 N–H and O–H groups in total. The zero-order valence-corrected chi connectivity index (χ0v) is 29.5. The van der Waals surface area contributed by atoms with Gasteiger partial charge in [-0.25, -0.2) is 24.1 Å². The molecule has 0 fully saturated rings. The summed E-state index contributed by atoms with van der Waals surface area (Å²) < 4.78 is 26.0. The van der Waals surface area contributed by atoms with Crippen LogP contribution in [0.25, 0.3) is 11.3 Å². The average molecular weight is 773 g/mol. The van der Waals surface area contributed by atoms with Crippen LogP contribution in [-0.2, 0) is 37.9 Å². The fraction of sp³-hybridized carbons (Fsp3) is 0.452. The highest BCUT2D eigenvalue weighted by Gasteiger charge is 2.32. The molecule has 4 amide bonds. The van der Waals surface area contributed by atoms with Gasteiger partial charge in [-0.2, -0.15) is 0 Å². The summed E-state index contributed by atoms with van der Waals surface area (Å²) in [5, 5.41) is 35.1. The van der Waals surface area contributed by atoms with Crippen LogP contribution in [0.1, 0.15) is 73.3 Å². The van der Waals surface area contributed by atoms with E-state index in [-0.39, 0.29) is 47.9 Å². The van der Waals surface area contributed by atoms with E-state index >= 15 is 0 Å². The lowest BCUT2D eigenvalue weighted by atomic mass is 9.90. The molecule has 0 aliphatic carbocycles. The predicted molar refractivity (Wildman–Crippen MR) is 178 cm³/mol. The Bertz CT molecular complexity index is 1660. The minimum absolute atomic E-state index is 0.0547. The molecule has 3 unspecified atom stereocenters. The normalized spacial score (nSPS) is 12.8. The highest BCUT2D eigenvalue weighted by atomic mass is 31.2. The van der Waals surface area contributed by atoms with E-state index in [2.05, 4.69) is 15.2 Å². The number of carboxylic acids is 3. The predicted octanol–water partition coefficient (Wildman–Crippen LogP) is 1.30. The number of nitrogens with one attached hydrogen (secondary N) is 3. The van der Waals surface area contributed by atoms with Crippen molar-refractivity contribution in [3.63, 3.8) is 0 Å². The maximum atomic E-state index is 13.3. The monoisotopic (exact) mass is 772 g/mol. The van der Waals surface area contributed by atoms with Crippen LogP contribution in [0.2, 0.25) is 0 Å². The van der Waals surface area contributed by atoms with Gasteiger partial charge >= 0.3 is 25.7 Å². The number of carbonyl (C=O) groups excluding carboxylic acids is 4. The van der Waals surface area contributed by atoms with Gasteiger partial charge in [0.1, 0.15) is 17.6 Å². The number of ether oxygens (including phenoxy) is 1. The third-order valence-electron chi connectivity index (χ3n) is 7.38. The molecule has 292 valence electrons. The molecule has 0 saturated heterocycles. The van der Waals surface area contributed by atoms with Gasteiger partial charge in [0.25, 0.3) is 11.8 Å². The van der Waals surface area contributed by atoms with E-state index in [9.17, 15) is 43.2 Å². The summed E-state index contributed by atoms with van der Waals surface area (Å²) in [4.78, 5) is 107. The summed E-state index contributed by atoms with van der Waals surface area (Å²) in [6.45, 7) is 1.39. The van der Waals surface area contributed by atoms with Crippen LogP contribution < -0.4 is 20.7 Å². The van der Waals surface area contributed by atoms with Crippen molar-refractivity contribution in [2.45, 2.75) is 64.5 Å².